The maximum atomic E-state index is 11.0. The van der Waals surface area contributed by atoms with Crippen LogP contribution < -0.4 is 5.56 Å². The quantitative estimate of drug-likeness (QED) is 0.552. The summed E-state index contributed by atoms with van der Waals surface area (Å²) in [6.07, 6.45) is -0.393. The summed E-state index contributed by atoms with van der Waals surface area (Å²) in [6.45, 7) is 3.46. The maximum absolute atomic E-state index is 11.0. The van der Waals surface area contributed by atoms with Crippen molar-refractivity contribution in [2.75, 3.05) is 5.75 Å². The van der Waals surface area contributed by atoms with Gasteiger partial charge in [0.2, 0.25) is 0 Å². The number of hydrogen-bond acceptors (Lipinski definition) is 4. The molecule has 1 atom stereocenters. The van der Waals surface area contributed by atoms with Crippen LogP contribution in [0.1, 0.15) is 12.6 Å². The average molecular weight is 200 g/mol. The Kier molecular flexibility index (Phi) is 3.50. The third-order valence-corrected chi connectivity index (χ3v) is 2.43. The summed E-state index contributed by atoms with van der Waals surface area (Å²) in [6, 6.07) is 1.44. The molecule has 0 aromatic carbocycles. The largest absolute Gasteiger partial charge is 0.393 e. The Morgan fingerprint density at radius 1 is 1.77 bits per heavy atom. The molecule has 0 saturated heterocycles. The van der Waals surface area contributed by atoms with Crippen LogP contribution in [0.15, 0.2) is 16.0 Å². The Labute approximate surface area is 80.4 Å². The lowest BCUT2D eigenvalue weighted by Gasteiger charge is -2.02. The van der Waals surface area contributed by atoms with Gasteiger partial charge in [0.05, 0.1) is 6.10 Å². The number of nitrogens with one attached hydrogen (secondary N) is 1. The normalized spacial score (nSPS) is 12.8. The number of aromatic nitrogens is 2. The number of nitrogens with zero attached hydrogens (tertiary/aromatic N) is 1. The van der Waals surface area contributed by atoms with Gasteiger partial charge in [-0.3, -0.25) is 4.79 Å². The minimum absolute atomic E-state index is 0.152. The summed E-state index contributed by atoms with van der Waals surface area (Å²) >= 11 is 1.34. The summed E-state index contributed by atoms with van der Waals surface area (Å²) in [5.41, 5.74) is 0.539. The number of aliphatic hydroxyl groups excluding tert-OH is 1. The fourth-order valence-corrected chi connectivity index (χ4v) is 1.60. The predicted octanol–water partition coefficient (Wildman–Crippen LogP) is 0.551. The molecule has 0 unspecified atom stereocenters. The number of H-pyrrole nitrogens is 1. The van der Waals surface area contributed by atoms with E-state index in [2.05, 4.69) is 9.97 Å². The van der Waals surface area contributed by atoms with Gasteiger partial charge in [0.15, 0.2) is 5.16 Å². The Balaban J connectivity index is 2.72. The van der Waals surface area contributed by atoms with Crippen molar-refractivity contribution in [1.29, 1.82) is 0 Å². The first kappa shape index (κ1) is 10.3. The van der Waals surface area contributed by atoms with Crippen molar-refractivity contribution in [2.45, 2.75) is 25.1 Å². The van der Waals surface area contributed by atoms with Gasteiger partial charge in [0.1, 0.15) is 0 Å². The number of aliphatic hydroxyl groups is 1. The van der Waals surface area contributed by atoms with Crippen LogP contribution in [0.25, 0.3) is 0 Å². The van der Waals surface area contributed by atoms with E-state index in [4.69, 9.17) is 5.11 Å². The van der Waals surface area contributed by atoms with Crippen LogP contribution >= 0.6 is 11.8 Å². The van der Waals surface area contributed by atoms with Crippen molar-refractivity contribution >= 4 is 11.8 Å². The van der Waals surface area contributed by atoms with Gasteiger partial charge in [-0.05, 0) is 13.8 Å². The topological polar surface area (TPSA) is 66.0 Å². The van der Waals surface area contributed by atoms with Crippen LogP contribution in [0, 0.1) is 6.92 Å². The molecule has 1 aromatic rings. The van der Waals surface area contributed by atoms with Gasteiger partial charge < -0.3 is 10.1 Å². The van der Waals surface area contributed by atoms with Crippen LogP contribution in [0.4, 0.5) is 0 Å². The summed E-state index contributed by atoms with van der Waals surface area (Å²) in [5.74, 6) is 0.534. The molecule has 1 aromatic heterocycles. The molecule has 0 aliphatic rings. The minimum Gasteiger partial charge on any atom is -0.393 e. The number of rotatable bonds is 3. The Bertz CT molecular complexity index is 335. The molecule has 1 rings (SSSR count). The smallest absolute Gasteiger partial charge is 0.251 e. The maximum Gasteiger partial charge on any atom is 0.251 e. The fraction of sp³-hybridized carbons (Fsp3) is 0.500. The zero-order chi connectivity index (χ0) is 9.84. The highest BCUT2D eigenvalue weighted by molar-refractivity contribution is 7.99. The molecule has 2 N–H and O–H groups in total. The molecule has 4 nitrogen and oxygen atoms in total. The monoisotopic (exact) mass is 200 g/mol. The van der Waals surface area contributed by atoms with Crippen LogP contribution in [0.2, 0.25) is 0 Å². The first-order valence-corrected chi connectivity index (χ1v) is 4.95. The lowest BCUT2D eigenvalue weighted by Crippen LogP contribution is -2.10. The van der Waals surface area contributed by atoms with Gasteiger partial charge in [-0.1, -0.05) is 11.8 Å². The van der Waals surface area contributed by atoms with Crippen molar-refractivity contribution in [1.82, 2.24) is 9.97 Å². The first-order valence-electron chi connectivity index (χ1n) is 3.97. The molecular formula is C8H12N2O2S. The third kappa shape index (κ3) is 3.61. The van der Waals surface area contributed by atoms with Crippen molar-refractivity contribution in [3.05, 3.63) is 22.1 Å². The second-order valence-electron chi connectivity index (χ2n) is 2.85. The van der Waals surface area contributed by atoms with E-state index >= 15 is 0 Å². The molecule has 0 spiro atoms. The standard InChI is InChI=1S/C8H12N2O2S/c1-5-3-7(12)10-8(9-5)13-4-6(2)11/h3,6,11H,4H2,1-2H3,(H,9,10,12)/t6-/m0/s1. The van der Waals surface area contributed by atoms with E-state index in [0.717, 1.165) is 0 Å². The molecule has 0 saturated carbocycles. The van der Waals surface area contributed by atoms with Gasteiger partial charge in [0, 0.05) is 17.5 Å². The summed E-state index contributed by atoms with van der Waals surface area (Å²) in [4.78, 5) is 17.7. The van der Waals surface area contributed by atoms with Gasteiger partial charge >= 0.3 is 0 Å². The minimum atomic E-state index is -0.393. The van der Waals surface area contributed by atoms with Crippen molar-refractivity contribution in [2.24, 2.45) is 0 Å². The van der Waals surface area contributed by atoms with Crippen molar-refractivity contribution in [3.8, 4) is 0 Å². The van der Waals surface area contributed by atoms with E-state index in [1.165, 1.54) is 17.8 Å². The number of hydrogen-bond donors (Lipinski definition) is 2. The summed E-state index contributed by atoms with van der Waals surface area (Å²) in [7, 11) is 0. The van der Waals surface area contributed by atoms with Crippen molar-refractivity contribution < 1.29 is 5.11 Å². The average Bonchev–Trinajstić information content (AvgIpc) is 1.99. The third-order valence-electron chi connectivity index (χ3n) is 1.31. The first-order chi connectivity index (χ1) is 6.08. The number of aryl methyl sites for hydroxylation is 1. The Hall–Kier alpha value is -0.810. The Morgan fingerprint density at radius 2 is 2.46 bits per heavy atom. The van der Waals surface area contributed by atoms with Gasteiger partial charge in [-0.15, -0.1) is 0 Å². The van der Waals surface area contributed by atoms with E-state index < -0.39 is 6.10 Å². The molecule has 0 fully saturated rings. The molecule has 72 valence electrons. The molecule has 0 bridgehead atoms. The highest BCUT2D eigenvalue weighted by atomic mass is 32.2. The zero-order valence-electron chi connectivity index (χ0n) is 7.57. The Morgan fingerprint density at radius 3 is 3.00 bits per heavy atom. The second kappa shape index (κ2) is 4.43. The molecular weight excluding hydrogens is 188 g/mol. The predicted molar refractivity (Wildman–Crippen MR) is 52.0 cm³/mol. The van der Waals surface area contributed by atoms with E-state index in [9.17, 15) is 4.79 Å². The highest BCUT2D eigenvalue weighted by Gasteiger charge is 2.01. The van der Waals surface area contributed by atoms with Gasteiger partial charge in [0.25, 0.3) is 5.56 Å². The molecule has 0 aliphatic heterocycles. The molecule has 0 radical (unpaired) electrons. The van der Waals surface area contributed by atoms with Gasteiger partial charge in [-0.2, -0.15) is 0 Å². The number of aromatic amines is 1. The van der Waals surface area contributed by atoms with E-state index in [-0.39, 0.29) is 5.56 Å². The molecule has 0 amide bonds. The van der Waals surface area contributed by atoms with Gasteiger partial charge in [-0.25, -0.2) is 4.98 Å². The molecule has 13 heavy (non-hydrogen) atoms. The van der Waals surface area contributed by atoms with Crippen LogP contribution in [0.3, 0.4) is 0 Å². The molecule has 0 aliphatic carbocycles. The lowest BCUT2D eigenvalue weighted by atomic mass is 10.5. The summed E-state index contributed by atoms with van der Waals surface area (Å²) in [5, 5.41) is 9.57. The molecule has 1 heterocycles. The lowest BCUT2D eigenvalue weighted by molar-refractivity contribution is 0.220. The number of thioether (sulfide) groups is 1. The fourth-order valence-electron chi connectivity index (χ4n) is 0.819. The second-order valence-corrected chi connectivity index (χ2v) is 3.86. The van der Waals surface area contributed by atoms with E-state index in [0.29, 0.717) is 16.6 Å². The molecule has 5 heteroatoms. The van der Waals surface area contributed by atoms with Crippen molar-refractivity contribution in [3.63, 3.8) is 0 Å². The summed E-state index contributed by atoms with van der Waals surface area (Å²) < 4.78 is 0. The zero-order valence-corrected chi connectivity index (χ0v) is 8.39. The van der Waals surface area contributed by atoms with Crippen LogP contribution in [-0.4, -0.2) is 26.9 Å². The van der Waals surface area contributed by atoms with Crippen LogP contribution in [-0.2, 0) is 0 Å². The van der Waals surface area contributed by atoms with Crippen LogP contribution in [0.5, 0.6) is 0 Å². The highest BCUT2D eigenvalue weighted by Crippen LogP contribution is 2.11. The SMILES string of the molecule is Cc1cc(=O)[nH]c(SC[C@H](C)O)n1. The van der Waals surface area contributed by atoms with E-state index in [1.807, 2.05) is 0 Å². The van der Waals surface area contributed by atoms with E-state index in [1.54, 1.807) is 13.8 Å².